The number of furan rings is 1. The Morgan fingerprint density at radius 3 is 2.68 bits per heavy atom. The molecule has 25 heavy (non-hydrogen) atoms. The summed E-state index contributed by atoms with van der Waals surface area (Å²) in [6, 6.07) is 12.8. The van der Waals surface area contributed by atoms with Crippen LogP contribution in [-0.4, -0.2) is 26.8 Å². The van der Waals surface area contributed by atoms with Crippen LogP contribution in [-0.2, 0) is 6.42 Å². The number of anilines is 1. The fourth-order valence-corrected chi connectivity index (χ4v) is 2.63. The maximum atomic E-state index is 12.0. The van der Waals surface area contributed by atoms with Crippen molar-refractivity contribution in [1.82, 2.24) is 5.32 Å². The highest BCUT2D eigenvalue weighted by Gasteiger charge is 2.08. The van der Waals surface area contributed by atoms with Crippen LogP contribution >= 0.6 is 0 Å². The Labute approximate surface area is 145 Å². The number of carbonyl (C=O) groups is 1. The maximum Gasteiger partial charge on any atom is 0.319 e. The highest BCUT2D eigenvalue weighted by molar-refractivity contribution is 5.89. The molecule has 2 N–H and O–H groups in total. The van der Waals surface area contributed by atoms with Crippen molar-refractivity contribution in [1.29, 1.82) is 0 Å². The summed E-state index contributed by atoms with van der Waals surface area (Å²) in [6.45, 7) is 0.503. The number of para-hydroxylation sites is 1. The third kappa shape index (κ3) is 3.85. The summed E-state index contributed by atoms with van der Waals surface area (Å²) in [5, 5.41) is 6.69. The number of benzene rings is 2. The molecule has 0 unspecified atom stereocenters. The Morgan fingerprint density at radius 2 is 1.88 bits per heavy atom. The van der Waals surface area contributed by atoms with Crippen molar-refractivity contribution in [3.8, 4) is 11.5 Å². The van der Waals surface area contributed by atoms with Crippen molar-refractivity contribution >= 4 is 22.7 Å². The molecule has 0 aliphatic heterocycles. The molecule has 3 aromatic rings. The normalized spacial score (nSPS) is 10.5. The van der Waals surface area contributed by atoms with Crippen LogP contribution in [0.25, 0.3) is 11.0 Å². The van der Waals surface area contributed by atoms with Crippen LogP contribution < -0.4 is 20.1 Å². The molecule has 6 heteroatoms. The van der Waals surface area contributed by atoms with E-state index in [9.17, 15) is 4.79 Å². The third-order valence-corrected chi connectivity index (χ3v) is 3.88. The molecule has 0 saturated carbocycles. The Bertz CT molecular complexity index is 873. The lowest BCUT2D eigenvalue weighted by atomic mass is 10.1. The molecule has 2 aromatic carbocycles. The van der Waals surface area contributed by atoms with Gasteiger partial charge in [0.25, 0.3) is 0 Å². The first-order valence-electron chi connectivity index (χ1n) is 7.93. The van der Waals surface area contributed by atoms with Crippen molar-refractivity contribution in [3.05, 3.63) is 54.3 Å². The van der Waals surface area contributed by atoms with E-state index in [2.05, 4.69) is 10.6 Å². The first kappa shape index (κ1) is 16.7. The monoisotopic (exact) mass is 340 g/mol. The molecule has 0 aliphatic rings. The molecule has 6 nitrogen and oxygen atoms in total. The summed E-state index contributed by atoms with van der Waals surface area (Å²) in [4.78, 5) is 12.0. The standard InChI is InChI=1S/C19H20N2O4/c1-23-17-8-7-14(11-18(17)24-2)21-19(22)20-10-9-13-12-25-16-6-4-3-5-15(13)16/h3-8,11-12H,9-10H2,1-2H3,(H2,20,21,22). The second-order valence-corrected chi connectivity index (χ2v) is 5.46. The molecule has 1 aromatic heterocycles. The van der Waals surface area contributed by atoms with Crippen LogP contribution in [0.3, 0.4) is 0 Å². The molecule has 0 atom stereocenters. The highest BCUT2D eigenvalue weighted by atomic mass is 16.5. The minimum absolute atomic E-state index is 0.278. The number of nitrogens with one attached hydrogen (secondary N) is 2. The zero-order valence-corrected chi connectivity index (χ0v) is 14.2. The van der Waals surface area contributed by atoms with Crippen LogP contribution in [0.1, 0.15) is 5.56 Å². The van der Waals surface area contributed by atoms with Gasteiger partial charge in [0.05, 0.1) is 20.5 Å². The van der Waals surface area contributed by atoms with E-state index >= 15 is 0 Å². The Kier molecular flexibility index (Phi) is 5.09. The highest BCUT2D eigenvalue weighted by Crippen LogP contribution is 2.29. The van der Waals surface area contributed by atoms with Gasteiger partial charge in [0.1, 0.15) is 5.58 Å². The lowest BCUT2D eigenvalue weighted by molar-refractivity contribution is 0.252. The number of rotatable bonds is 6. The quantitative estimate of drug-likeness (QED) is 0.715. The molecule has 130 valence electrons. The van der Waals surface area contributed by atoms with Gasteiger partial charge in [-0.3, -0.25) is 0 Å². The van der Waals surface area contributed by atoms with E-state index in [0.717, 1.165) is 16.5 Å². The lowest BCUT2D eigenvalue weighted by Gasteiger charge is -2.11. The molecular formula is C19H20N2O4. The Morgan fingerprint density at radius 1 is 1.08 bits per heavy atom. The van der Waals surface area contributed by atoms with Gasteiger partial charge in [-0.1, -0.05) is 18.2 Å². The van der Waals surface area contributed by atoms with Crippen LogP contribution in [0, 0.1) is 0 Å². The third-order valence-electron chi connectivity index (χ3n) is 3.88. The molecule has 0 aliphatic carbocycles. The van der Waals surface area contributed by atoms with Gasteiger partial charge in [0.15, 0.2) is 11.5 Å². The predicted molar refractivity (Wildman–Crippen MR) is 96.5 cm³/mol. The van der Waals surface area contributed by atoms with Gasteiger partial charge in [0, 0.05) is 23.7 Å². The minimum Gasteiger partial charge on any atom is -0.493 e. The number of fused-ring (bicyclic) bond motifs is 1. The minimum atomic E-state index is -0.278. The van der Waals surface area contributed by atoms with Gasteiger partial charge in [0.2, 0.25) is 0 Å². The first-order valence-corrected chi connectivity index (χ1v) is 7.93. The number of carbonyl (C=O) groups excluding carboxylic acids is 1. The Balaban J connectivity index is 1.54. The van der Waals surface area contributed by atoms with Crippen LogP contribution in [0.2, 0.25) is 0 Å². The lowest BCUT2D eigenvalue weighted by Crippen LogP contribution is -2.30. The van der Waals surface area contributed by atoms with E-state index < -0.39 is 0 Å². The van der Waals surface area contributed by atoms with Gasteiger partial charge >= 0.3 is 6.03 Å². The fourth-order valence-electron chi connectivity index (χ4n) is 2.63. The second-order valence-electron chi connectivity index (χ2n) is 5.46. The topological polar surface area (TPSA) is 72.7 Å². The van der Waals surface area contributed by atoms with Crippen LogP contribution in [0.15, 0.2) is 53.1 Å². The smallest absolute Gasteiger partial charge is 0.319 e. The number of urea groups is 1. The van der Waals surface area contributed by atoms with Crippen molar-refractivity contribution < 1.29 is 18.7 Å². The van der Waals surface area contributed by atoms with E-state index in [1.54, 1.807) is 38.7 Å². The van der Waals surface area contributed by atoms with E-state index in [-0.39, 0.29) is 6.03 Å². The predicted octanol–water partition coefficient (Wildman–Crippen LogP) is 3.81. The SMILES string of the molecule is COc1ccc(NC(=O)NCCc2coc3ccccc23)cc1OC. The van der Waals surface area contributed by atoms with E-state index in [1.807, 2.05) is 24.3 Å². The molecule has 0 fully saturated rings. The van der Waals surface area contributed by atoms with Gasteiger partial charge in [-0.05, 0) is 30.2 Å². The van der Waals surface area contributed by atoms with Crippen molar-refractivity contribution in [2.75, 3.05) is 26.1 Å². The van der Waals surface area contributed by atoms with Crippen LogP contribution in [0.4, 0.5) is 10.5 Å². The molecule has 3 rings (SSSR count). The molecule has 2 amide bonds. The van der Waals surface area contributed by atoms with Gasteiger partial charge in [-0.2, -0.15) is 0 Å². The summed E-state index contributed by atoms with van der Waals surface area (Å²) in [5.41, 5.74) is 2.55. The van der Waals surface area contributed by atoms with Crippen molar-refractivity contribution in [3.63, 3.8) is 0 Å². The molecule has 0 saturated heterocycles. The summed E-state index contributed by atoms with van der Waals surface area (Å²) in [6.07, 6.45) is 2.43. The van der Waals surface area contributed by atoms with E-state index in [0.29, 0.717) is 30.2 Å². The zero-order chi connectivity index (χ0) is 17.6. The van der Waals surface area contributed by atoms with Crippen molar-refractivity contribution in [2.24, 2.45) is 0 Å². The van der Waals surface area contributed by atoms with Crippen molar-refractivity contribution in [2.45, 2.75) is 6.42 Å². The zero-order valence-electron chi connectivity index (χ0n) is 14.2. The second kappa shape index (κ2) is 7.61. The summed E-state index contributed by atoms with van der Waals surface area (Å²) in [7, 11) is 3.12. The molecule has 0 radical (unpaired) electrons. The van der Waals surface area contributed by atoms with E-state index in [4.69, 9.17) is 13.9 Å². The van der Waals surface area contributed by atoms with E-state index in [1.165, 1.54) is 0 Å². The fraction of sp³-hybridized carbons (Fsp3) is 0.211. The molecular weight excluding hydrogens is 320 g/mol. The molecule has 1 heterocycles. The number of ether oxygens (including phenoxy) is 2. The van der Waals surface area contributed by atoms with Gasteiger partial charge < -0.3 is 24.5 Å². The average molecular weight is 340 g/mol. The number of amides is 2. The maximum absolute atomic E-state index is 12.0. The average Bonchev–Trinajstić information content (AvgIpc) is 3.05. The number of hydrogen-bond donors (Lipinski definition) is 2. The van der Waals surface area contributed by atoms with Gasteiger partial charge in [-0.25, -0.2) is 4.79 Å². The number of methoxy groups -OCH3 is 2. The number of hydrogen-bond acceptors (Lipinski definition) is 4. The summed E-state index contributed by atoms with van der Waals surface area (Å²) >= 11 is 0. The van der Waals surface area contributed by atoms with Crippen LogP contribution in [0.5, 0.6) is 11.5 Å². The largest absolute Gasteiger partial charge is 0.493 e. The summed E-state index contributed by atoms with van der Waals surface area (Å²) < 4.78 is 15.9. The first-order chi connectivity index (χ1) is 12.2. The molecule has 0 bridgehead atoms. The van der Waals surface area contributed by atoms with Gasteiger partial charge in [-0.15, -0.1) is 0 Å². The summed E-state index contributed by atoms with van der Waals surface area (Å²) in [5.74, 6) is 1.17. The molecule has 0 spiro atoms. The Hall–Kier alpha value is -3.15.